The van der Waals surface area contributed by atoms with Gasteiger partial charge in [-0.15, -0.1) is 0 Å². The van der Waals surface area contributed by atoms with E-state index in [-0.39, 0.29) is 11.7 Å². The van der Waals surface area contributed by atoms with Crippen molar-refractivity contribution < 1.29 is 4.74 Å². The molecule has 0 N–H and O–H groups in total. The van der Waals surface area contributed by atoms with Gasteiger partial charge in [0.1, 0.15) is 5.75 Å². The van der Waals surface area contributed by atoms with Crippen molar-refractivity contribution in [1.82, 2.24) is 9.38 Å². The van der Waals surface area contributed by atoms with Gasteiger partial charge in [0.05, 0.1) is 21.7 Å². The highest BCUT2D eigenvalue weighted by molar-refractivity contribution is 7.15. The summed E-state index contributed by atoms with van der Waals surface area (Å²) in [7, 11) is 0. The summed E-state index contributed by atoms with van der Waals surface area (Å²) >= 11 is 1.41. The third-order valence-electron chi connectivity index (χ3n) is 4.25. The van der Waals surface area contributed by atoms with Crippen molar-refractivity contribution in [1.29, 1.82) is 0 Å². The molecule has 0 unspecified atom stereocenters. The molecule has 0 radical (unpaired) electrons. The Hall–Kier alpha value is -2.66. The molecule has 0 bridgehead atoms. The number of imidazole rings is 1. The standard InChI is InChI=1S/C20H18N2O2S/c1-3-13(2)24-17-11-7-4-8-14(17)12-18-19(23)22-16-10-6-5-9-15(16)21-20(22)25-18/h4-13H,3H2,1-2H3/b18-12-/t13-/m0/s1. The smallest absolute Gasteiger partial charge is 0.274 e. The predicted molar refractivity (Wildman–Crippen MR) is 102 cm³/mol. The van der Waals surface area contributed by atoms with Crippen LogP contribution in [0.15, 0.2) is 53.3 Å². The van der Waals surface area contributed by atoms with Crippen LogP contribution in [-0.4, -0.2) is 15.5 Å². The van der Waals surface area contributed by atoms with Crippen molar-refractivity contribution in [3.63, 3.8) is 0 Å². The van der Waals surface area contributed by atoms with E-state index < -0.39 is 0 Å². The van der Waals surface area contributed by atoms with Crippen LogP contribution in [0.3, 0.4) is 0 Å². The molecule has 4 aromatic rings. The summed E-state index contributed by atoms with van der Waals surface area (Å²) < 4.78 is 8.33. The summed E-state index contributed by atoms with van der Waals surface area (Å²) in [5.74, 6) is 0.798. The summed E-state index contributed by atoms with van der Waals surface area (Å²) in [5.41, 5.74) is 2.57. The third kappa shape index (κ3) is 2.81. The number of rotatable bonds is 4. The average Bonchev–Trinajstić information content (AvgIpc) is 3.13. The van der Waals surface area contributed by atoms with E-state index in [1.165, 1.54) is 11.3 Å². The lowest BCUT2D eigenvalue weighted by atomic mass is 10.2. The number of nitrogens with zero attached hydrogens (tertiary/aromatic N) is 2. The van der Waals surface area contributed by atoms with Gasteiger partial charge in [0.15, 0.2) is 4.96 Å². The molecular weight excluding hydrogens is 332 g/mol. The molecule has 2 aromatic carbocycles. The van der Waals surface area contributed by atoms with Gasteiger partial charge in [-0.2, -0.15) is 0 Å². The second-order valence-electron chi connectivity index (χ2n) is 6.01. The first kappa shape index (κ1) is 15.8. The van der Waals surface area contributed by atoms with Crippen LogP contribution in [0.4, 0.5) is 0 Å². The zero-order chi connectivity index (χ0) is 17.4. The minimum Gasteiger partial charge on any atom is -0.490 e. The monoisotopic (exact) mass is 350 g/mol. The van der Waals surface area contributed by atoms with Crippen LogP contribution in [0, 0.1) is 0 Å². The number of aromatic nitrogens is 2. The van der Waals surface area contributed by atoms with Crippen LogP contribution < -0.4 is 14.8 Å². The quantitative estimate of drug-likeness (QED) is 0.564. The zero-order valence-corrected chi connectivity index (χ0v) is 14.9. The minimum atomic E-state index is -0.0351. The fourth-order valence-corrected chi connectivity index (χ4v) is 3.74. The van der Waals surface area contributed by atoms with Crippen LogP contribution in [0.5, 0.6) is 5.75 Å². The lowest BCUT2D eigenvalue weighted by Crippen LogP contribution is -2.22. The van der Waals surface area contributed by atoms with Gasteiger partial charge >= 0.3 is 0 Å². The van der Waals surface area contributed by atoms with Gasteiger partial charge in [-0.1, -0.05) is 48.6 Å². The normalized spacial score (nSPS) is 13.6. The molecule has 4 rings (SSSR count). The molecule has 126 valence electrons. The summed E-state index contributed by atoms with van der Waals surface area (Å²) in [6.07, 6.45) is 2.96. The topological polar surface area (TPSA) is 43.6 Å². The second-order valence-corrected chi connectivity index (χ2v) is 7.02. The number of hydrogen-bond acceptors (Lipinski definition) is 4. The Morgan fingerprint density at radius 1 is 1.20 bits per heavy atom. The lowest BCUT2D eigenvalue weighted by molar-refractivity contribution is 0.217. The summed E-state index contributed by atoms with van der Waals surface area (Å²) in [5, 5.41) is 0. The van der Waals surface area contributed by atoms with Crippen LogP contribution in [-0.2, 0) is 0 Å². The Balaban J connectivity index is 1.88. The molecule has 4 nitrogen and oxygen atoms in total. The Morgan fingerprint density at radius 2 is 1.96 bits per heavy atom. The van der Waals surface area contributed by atoms with Gasteiger partial charge < -0.3 is 4.74 Å². The van der Waals surface area contributed by atoms with Crippen LogP contribution in [0.25, 0.3) is 22.1 Å². The van der Waals surface area contributed by atoms with E-state index in [9.17, 15) is 4.79 Å². The highest BCUT2D eigenvalue weighted by Gasteiger charge is 2.11. The van der Waals surface area contributed by atoms with Crippen molar-refractivity contribution >= 4 is 33.4 Å². The predicted octanol–water partition coefficient (Wildman–Crippen LogP) is 3.63. The minimum absolute atomic E-state index is 0.0351. The van der Waals surface area contributed by atoms with E-state index in [0.717, 1.165) is 33.7 Å². The zero-order valence-electron chi connectivity index (χ0n) is 14.1. The van der Waals surface area contributed by atoms with Gasteiger partial charge in [-0.25, -0.2) is 9.38 Å². The van der Waals surface area contributed by atoms with E-state index in [1.54, 1.807) is 4.40 Å². The summed E-state index contributed by atoms with van der Waals surface area (Å²) in [6, 6.07) is 15.5. The Labute approximate surface area is 149 Å². The van der Waals surface area contributed by atoms with Crippen molar-refractivity contribution in [2.24, 2.45) is 0 Å². The average molecular weight is 350 g/mol. The number of fused-ring (bicyclic) bond motifs is 3. The van der Waals surface area contributed by atoms with Gasteiger partial charge in [0.25, 0.3) is 5.56 Å². The van der Waals surface area contributed by atoms with E-state index in [0.29, 0.717) is 4.53 Å². The Morgan fingerprint density at radius 3 is 2.80 bits per heavy atom. The van der Waals surface area contributed by atoms with Crippen molar-refractivity contribution in [2.75, 3.05) is 0 Å². The van der Waals surface area contributed by atoms with E-state index in [1.807, 2.05) is 61.5 Å². The van der Waals surface area contributed by atoms with Gasteiger partial charge in [0, 0.05) is 5.56 Å². The molecule has 0 aliphatic carbocycles. The number of thiazole rings is 1. The molecule has 5 heteroatoms. The first-order valence-corrected chi connectivity index (χ1v) is 9.16. The molecule has 0 spiro atoms. The second kappa shape index (κ2) is 6.33. The number of benzene rings is 2. The highest BCUT2D eigenvalue weighted by atomic mass is 32.1. The van der Waals surface area contributed by atoms with Gasteiger partial charge in [-0.05, 0) is 37.6 Å². The van der Waals surface area contributed by atoms with E-state index in [4.69, 9.17) is 4.74 Å². The maximum Gasteiger partial charge on any atom is 0.274 e. The Bertz CT molecular complexity index is 1160. The molecule has 0 fully saturated rings. The van der Waals surface area contributed by atoms with Crippen LogP contribution >= 0.6 is 11.3 Å². The first-order valence-electron chi connectivity index (χ1n) is 8.34. The maximum absolute atomic E-state index is 12.9. The molecule has 0 aliphatic rings. The molecule has 25 heavy (non-hydrogen) atoms. The van der Waals surface area contributed by atoms with E-state index >= 15 is 0 Å². The summed E-state index contributed by atoms with van der Waals surface area (Å²) in [4.78, 5) is 18.1. The molecule has 0 saturated heterocycles. The van der Waals surface area contributed by atoms with Crippen LogP contribution in [0.1, 0.15) is 25.8 Å². The fourth-order valence-electron chi connectivity index (χ4n) is 2.76. The SMILES string of the molecule is CC[C@H](C)Oc1ccccc1/C=c1\sc2nc3ccccc3n2c1=O. The van der Waals surface area contributed by atoms with Crippen molar-refractivity contribution in [3.8, 4) is 5.75 Å². The third-order valence-corrected chi connectivity index (χ3v) is 5.22. The molecular formula is C20H18N2O2S. The maximum atomic E-state index is 12.9. The van der Waals surface area contributed by atoms with Gasteiger partial charge in [-0.3, -0.25) is 4.79 Å². The largest absolute Gasteiger partial charge is 0.490 e. The van der Waals surface area contributed by atoms with Crippen molar-refractivity contribution in [3.05, 3.63) is 69.0 Å². The lowest BCUT2D eigenvalue weighted by Gasteiger charge is -2.14. The molecule has 0 aliphatic heterocycles. The Kier molecular flexibility index (Phi) is 4.01. The first-order chi connectivity index (χ1) is 12.2. The van der Waals surface area contributed by atoms with Gasteiger partial charge in [0.2, 0.25) is 0 Å². The molecule has 2 heterocycles. The molecule has 0 saturated carbocycles. The van der Waals surface area contributed by atoms with Crippen LogP contribution in [0.2, 0.25) is 0 Å². The number of ether oxygens (including phenoxy) is 1. The van der Waals surface area contributed by atoms with Crippen molar-refractivity contribution in [2.45, 2.75) is 26.4 Å². The molecule has 2 aromatic heterocycles. The summed E-state index contributed by atoms with van der Waals surface area (Å²) in [6.45, 7) is 4.13. The molecule has 0 amide bonds. The highest BCUT2D eigenvalue weighted by Crippen LogP contribution is 2.21. The fraction of sp³-hybridized carbons (Fsp3) is 0.200. The molecule has 1 atom stereocenters. The van der Waals surface area contributed by atoms with E-state index in [2.05, 4.69) is 11.9 Å². The number of para-hydroxylation sites is 3. The number of hydrogen-bond donors (Lipinski definition) is 0.